The minimum atomic E-state index is -1.05. The van der Waals surface area contributed by atoms with Crippen LogP contribution in [0.3, 0.4) is 0 Å². The first-order valence-electron chi connectivity index (χ1n) is 12.1. The second-order valence-corrected chi connectivity index (χ2v) is 8.64. The third-order valence-corrected chi connectivity index (χ3v) is 5.96. The molecule has 1 atom stereocenters. The zero-order chi connectivity index (χ0) is 29.5. The standard InChI is InChI=1S/C28H26N4O9/c1-15-24(27(36)39-3)25(31-28(37)30-15)17-7-9-21(22(12-17)38-2)40-14-23(33)32-29-13-19-8-10-20(41-19)16-5-4-6-18(11-16)26(34)35/h4-13,25H,14H2,1-3H3,(H,32,33)(H,34,35)(H2,30,31,37)/b29-13-/t25-/m0/s1. The average molecular weight is 563 g/mol. The molecule has 13 heteroatoms. The summed E-state index contributed by atoms with van der Waals surface area (Å²) in [5.41, 5.74) is 4.16. The highest BCUT2D eigenvalue weighted by atomic mass is 16.5. The molecule has 2 heterocycles. The molecule has 4 N–H and O–H groups in total. The van der Waals surface area contributed by atoms with E-state index in [0.717, 1.165) is 0 Å². The molecule has 13 nitrogen and oxygen atoms in total. The Labute approximate surface area is 233 Å². The van der Waals surface area contributed by atoms with Crippen LogP contribution in [0, 0.1) is 0 Å². The van der Waals surface area contributed by atoms with Gasteiger partial charge in [0, 0.05) is 11.3 Å². The quantitative estimate of drug-likeness (QED) is 0.164. The van der Waals surface area contributed by atoms with Gasteiger partial charge in [0.15, 0.2) is 18.1 Å². The van der Waals surface area contributed by atoms with Gasteiger partial charge in [0.2, 0.25) is 0 Å². The Morgan fingerprint density at radius 2 is 1.90 bits per heavy atom. The first-order chi connectivity index (χ1) is 19.7. The van der Waals surface area contributed by atoms with Crippen molar-refractivity contribution < 1.29 is 42.9 Å². The van der Waals surface area contributed by atoms with Gasteiger partial charge in [-0.3, -0.25) is 4.79 Å². The van der Waals surface area contributed by atoms with E-state index in [2.05, 4.69) is 21.2 Å². The number of esters is 1. The smallest absolute Gasteiger partial charge is 0.337 e. The van der Waals surface area contributed by atoms with Crippen molar-refractivity contribution in [2.24, 2.45) is 5.10 Å². The van der Waals surface area contributed by atoms with E-state index in [4.69, 9.17) is 23.7 Å². The molecule has 4 rings (SSSR count). The highest BCUT2D eigenvalue weighted by Gasteiger charge is 2.32. The van der Waals surface area contributed by atoms with Crippen molar-refractivity contribution in [3.63, 3.8) is 0 Å². The van der Waals surface area contributed by atoms with Gasteiger partial charge in [0.1, 0.15) is 11.5 Å². The number of amides is 3. The van der Waals surface area contributed by atoms with E-state index >= 15 is 0 Å². The lowest BCUT2D eigenvalue weighted by Crippen LogP contribution is -2.45. The van der Waals surface area contributed by atoms with E-state index in [1.165, 1.54) is 32.6 Å². The Balaban J connectivity index is 1.37. The van der Waals surface area contributed by atoms with Crippen molar-refractivity contribution in [3.05, 3.63) is 82.8 Å². The van der Waals surface area contributed by atoms with Crippen molar-refractivity contribution in [1.29, 1.82) is 0 Å². The monoisotopic (exact) mass is 562 g/mol. The molecule has 212 valence electrons. The number of allylic oxidation sites excluding steroid dienone is 1. The van der Waals surface area contributed by atoms with Gasteiger partial charge in [-0.1, -0.05) is 18.2 Å². The fraction of sp³-hybridized carbons (Fsp3) is 0.179. The number of hydrazone groups is 1. The molecular weight excluding hydrogens is 536 g/mol. The number of carboxylic acid groups (broad SMARTS) is 1. The molecule has 1 aliphatic rings. The number of carboxylic acids is 1. The second kappa shape index (κ2) is 12.5. The molecule has 3 aromatic rings. The molecule has 41 heavy (non-hydrogen) atoms. The number of nitrogens with one attached hydrogen (secondary N) is 3. The number of aromatic carboxylic acids is 1. The number of hydrogen-bond acceptors (Lipinski definition) is 9. The van der Waals surface area contributed by atoms with E-state index in [9.17, 15) is 19.2 Å². The van der Waals surface area contributed by atoms with E-state index in [0.29, 0.717) is 28.3 Å². The van der Waals surface area contributed by atoms with Crippen molar-refractivity contribution in [2.75, 3.05) is 20.8 Å². The molecule has 0 aliphatic carbocycles. The maximum absolute atomic E-state index is 12.3. The lowest BCUT2D eigenvalue weighted by atomic mass is 9.95. The summed E-state index contributed by atoms with van der Waals surface area (Å²) in [6.07, 6.45) is 1.29. The van der Waals surface area contributed by atoms with E-state index in [1.54, 1.807) is 49.4 Å². The largest absolute Gasteiger partial charge is 0.493 e. The SMILES string of the molecule is COC(=O)C1=C(C)NC(=O)N[C@H]1c1ccc(OCC(=O)N/N=C\c2ccc(-c3cccc(C(=O)O)c3)o2)c(OC)c1. The molecule has 3 amide bonds. The predicted molar refractivity (Wildman–Crippen MR) is 144 cm³/mol. The normalized spacial score (nSPS) is 14.7. The molecule has 0 radical (unpaired) electrons. The van der Waals surface area contributed by atoms with Crippen LogP contribution in [-0.4, -0.2) is 56.0 Å². The lowest BCUT2D eigenvalue weighted by molar-refractivity contribution is -0.136. The van der Waals surface area contributed by atoms with Gasteiger partial charge in [-0.25, -0.2) is 19.8 Å². The summed E-state index contributed by atoms with van der Waals surface area (Å²) in [5.74, 6) is -0.930. The molecule has 0 unspecified atom stereocenters. The Hall–Kier alpha value is -5.59. The summed E-state index contributed by atoms with van der Waals surface area (Å²) in [6.45, 7) is 1.20. The molecule has 0 spiro atoms. The molecule has 0 bridgehead atoms. The van der Waals surface area contributed by atoms with Crippen LogP contribution >= 0.6 is 0 Å². The van der Waals surface area contributed by atoms with Crippen molar-refractivity contribution in [2.45, 2.75) is 13.0 Å². The van der Waals surface area contributed by atoms with Crippen LogP contribution in [0.2, 0.25) is 0 Å². The number of ether oxygens (including phenoxy) is 3. The van der Waals surface area contributed by atoms with Gasteiger partial charge >= 0.3 is 18.0 Å². The number of benzene rings is 2. The highest BCUT2D eigenvalue weighted by Crippen LogP contribution is 2.34. The molecule has 0 saturated carbocycles. The topological polar surface area (TPSA) is 178 Å². The molecule has 0 saturated heterocycles. The number of carbonyl (C=O) groups excluding carboxylic acids is 3. The van der Waals surface area contributed by atoms with Crippen molar-refractivity contribution in [3.8, 4) is 22.8 Å². The van der Waals surface area contributed by atoms with Gasteiger partial charge < -0.3 is 34.4 Å². The number of hydrogen-bond donors (Lipinski definition) is 4. The molecule has 1 aliphatic heterocycles. The van der Waals surface area contributed by atoms with E-state index in [1.807, 2.05) is 0 Å². The molecule has 0 fully saturated rings. The number of urea groups is 1. The summed E-state index contributed by atoms with van der Waals surface area (Å²) in [6, 6.07) is 13.1. The summed E-state index contributed by atoms with van der Waals surface area (Å²) in [7, 11) is 2.66. The van der Waals surface area contributed by atoms with Gasteiger partial charge in [0.05, 0.1) is 37.6 Å². The van der Waals surface area contributed by atoms with E-state index < -0.39 is 36.5 Å². The van der Waals surface area contributed by atoms with Crippen LogP contribution in [0.15, 0.2) is 75.4 Å². The Kier molecular flexibility index (Phi) is 8.67. The molecule has 1 aromatic heterocycles. The highest BCUT2D eigenvalue weighted by molar-refractivity contribution is 5.95. The number of carbonyl (C=O) groups is 4. The Bertz CT molecular complexity index is 1560. The number of rotatable bonds is 10. The lowest BCUT2D eigenvalue weighted by Gasteiger charge is -2.28. The predicted octanol–water partition coefficient (Wildman–Crippen LogP) is 2.98. The minimum absolute atomic E-state index is 0.128. The minimum Gasteiger partial charge on any atom is -0.493 e. The number of furan rings is 1. The van der Waals surface area contributed by atoms with Crippen LogP contribution in [0.4, 0.5) is 4.79 Å². The summed E-state index contributed by atoms with van der Waals surface area (Å²) >= 11 is 0. The summed E-state index contributed by atoms with van der Waals surface area (Å²) in [5, 5.41) is 18.2. The summed E-state index contributed by atoms with van der Waals surface area (Å²) in [4.78, 5) is 47.8. The average Bonchev–Trinajstić information content (AvgIpc) is 3.44. The van der Waals surface area contributed by atoms with Crippen molar-refractivity contribution >= 4 is 30.1 Å². The molecule has 2 aromatic carbocycles. The number of nitrogens with zero attached hydrogens (tertiary/aromatic N) is 1. The Morgan fingerprint density at radius 3 is 2.63 bits per heavy atom. The fourth-order valence-corrected chi connectivity index (χ4v) is 4.03. The number of methoxy groups -OCH3 is 2. The zero-order valence-corrected chi connectivity index (χ0v) is 22.2. The third kappa shape index (κ3) is 6.71. The van der Waals surface area contributed by atoms with E-state index in [-0.39, 0.29) is 22.6 Å². The van der Waals surface area contributed by atoms with Crippen LogP contribution in [0.1, 0.15) is 34.6 Å². The zero-order valence-electron chi connectivity index (χ0n) is 22.2. The van der Waals surface area contributed by atoms with Gasteiger partial charge in [-0.2, -0.15) is 5.10 Å². The maximum Gasteiger partial charge on any atom is 0.337 e. The fourth-order valence-electron chi connectivity index (χ4n) is 4.03. The van der Waals surface area contributed by atoms with Crippen LogP contribution in [0.25, 0.3) is 11.3 Å². The second-order valence-electron chi connectivity index (χ2n) is 8.64. The van der Waals surface area contributed by atoms with Gasteiger partial charge in [-0.15, -0.1) is 0 Å². The Morgan fingerprint density at radius 1 is 1.10 bits per heavy atom. The summed E-state index contributed by atoms with van der Waals surface area (Å²) < 4.78 is 21.5. The van der Waals surface area contributed by atoms with Gasteiger partial charge in [-0.05, 0) is 48.9 Å². The first kappa shape index (κ1) is 28.4. The van der Waals surface area contributed by atoms with Crippen LogP contribution < -0.4 is 25.5 Å². The first-order valence-corrected chi connectivity index (χ1v) is 12.1. The van der Waals surface area contributed by atoms with Crippen LogP contribution in [0.5, 0.6) is 11.5 Å². The maximum atomic E-state index is 12.3. The van der Waals surface area contributed by atoms with Crippen molar-refractivity contribution in [1.82, 2.24) is 16.1 Å². The third-order valence-electron chi connectivity index (χ3n) is 5.96. The molecular formula is C28H26N4O9. The van der Waals surface area contributed by atoms with Gasteiger partial charge in [0.25, 0.3) is 5.91 Å². The van der Waals surface area contributed by atoms with Crippen LogP contribution in [-0.2, 0) is 14.3 Å².